The summed E-state index contributed by atoms with van der Waals surface area (Å²) in [6.07, 6.45) is 2.10. The number of rotatable bonds is 1. The van der Waals surface area contributed by atoms with E-state index in [0.717, 1.165) is 0 Å². The molecular weight excluding hydrogens is 150 g/mol. The quantitative estimate of drug-likeness (QED) is 0.563. The molecule has 0 aromatic rings. The molecule has 1 unspecified atom stereocenters. The molecule has 0 aliphatic carbocycles. The molecule has 58 valence electrons. The van der Waals surface area contributed by atoms with Crippen LogP contribution in [0.25, 0.3) is 0 Å². The molecular formula is C6H11NO2S. The molecule has 0 amide bonds. The van der Waals surface area contributed by atoms with Crippen LogP contribution in [0, 0.1) is 0 Å². The van der Waals surface area contributed by atoms with Gasteiger partial charge in [0, 0.05) is 12.2 Å². The second kappa shape index (κ2) is 2.27. The zero-order chi connectivity index (χ0) is 7.78. The van der Waals surface area contributed by atoms with Crippen LogP contribution in [0.5, 0.6) is 0 Å². The number of nitrogens with zero attached hydrogens (tertiary/aromatic N) is 1. The van der Waals surface area contributed by atoms with E-state index in [1.165, 1.54) is 10.5 Å². The lowest BCUT2D eigenvalue weighted by Crippen LogP contribution is -2.25. The molecule has 0 bridgehead atoms. The SMILES string of the molecule is C=CN1C(C)CCS1(=O)=O. The first kappa shape index (κ1) is 7.60. The van der Waals surface area contributed by atoms with E-state index >= 15 is 0 Å². The molecule has 1 aliphatic heterocycles. The molecule has 0 saturated carbocycles. The maximum Gasteiger partial charge on any atom is 0.234 e. The van der Waals surface area contributed by atoms with E-state index in [2.05, 4.69) is 6.58 Å². The maximum atomic E-state index is 11.1. The average molecular weight is 161 g/mol. The summed E-state index contributed by atoms with van der Waals surface area (Å²) >= 11 is 0. The second-order valence-corrected chi connectivity index (χ2v) is 4.46. The molecule has 0 radical (unpaired) electrons. The van der Waals surface area contributed by atoms with Crippen LogP contribution in [0.15, 0.2) is 12.8 Å². The third-order valence-electron chi connectivity index (χ3n) is 1.73. The summed E-state index contributed by atoms with van der Waals surface area (Å²) in [5.74, 6) is 0.264. The third-order valence-corrected chi connectivity index (χ3v) is 3.63. The van der Waals surface area contributed by atoms with Crippen molar-refractivity contribution in [1.29, 1.82) is 0 Å². The van der Waals surface area contributed by atoms with Crippen molar-refractivity contribution in [3.8, 4) is 0 Å². The van der Waals surface area contributed by atoms with Gasteiger partial charge in [-0.05, 0) is 13.3 Å². The Morgan fingerprint density at radius 1 is 1.70 bits per heavy atom. The van der Waals surface area contributed by atoms with E-state index < -0.39 is 10.0 Å². The molecule has 0 N–H and O–H groups in total. The smallest absolute Gasteiger partial charge is 0.234 e. The fourth-order valence-electron chi connectivity index (χ4n) is 1.12. The van der Waals surface area contributed by atoms with Gasteiger partial charge in [0.2, 0.25) is 10.0 Å². The Kier molecular flexibility index (Phi) is 1.72. The Hall–Kier alpha value is -0.510. The Morgan fingerprint density at radius 2 is 2.30 bits per heavy atom. The highest BCUT2D eigenvalue weighted by molar-refractivity contribution is 7.89. The van der Waals surface area contributed by atoms with Crippen molar-refractivity contribution in [2.45, 2.75) is 19.4 Å². The molecule has 3 nitrogen and oxygen atoms in total. The fraction of sp³-hybridized carbons (Fsp3) is 0.667. The predicted molar refractivity (Wildman–Crippen MR) is 39.9 cm³/mol. The molecule has 0 aromatic carbocycles. The van der Waals surface area contributed by atoms with Crippen molar-refractivity contribution in [3.63, 3.8) is 0 Å². The van der Waals surface area contributed by atoms with Crippen LogP contribution < -0.4 is 0 Å². The van der Waals surface area contributed by atoms with E-state index in [1.807, 2.05) is 6.92 Å². The zero-order valence-corrected chi connectivity index (χ0v) is 6.76. The summed E-state index contributed by atoms with van der Waals surface area (Å²) < 4.78 is 23.4. The predicted octanol–water partition coefficient (Wildman–Crippen LogP) is 0.554. The van der Waals surface area contributed by atoms with Gasteiger partial charge in [-0.2, -0.15) is 0 Å². The normalized spacial score (nSPS) is 30.5. The first-order valence-corrected chi connectivity index (χ1v) is 4.82. The van der Waals surface area contributed by atoms with Gasteiger partial charge in [-0.1, -0.05) is 6.58 Å². The van der Waals surface area contributed by atoms with Crippen molar-refractivity contribution in [3.05, 3.63) is 12.8 Å². The number of hydrogen-bond acceptors (Lipinski definition) is 2. The van der Waals surface area contributed by atoms with Gasteiger partial charge in [0.15, 0.2) is 0 Å². The van der Waals surface area contributed by atoms with Gasteiger partial charge in [0.05, 0.1) is 5.75 Å². The molecule has 1 saturated heterocycles. The van der Waals surface area contributed by atoms with Gasteiger partial charge < -0.3 is 0 Å². The fourth-order valence-corrected chi connectivity index (χ4v) is 2.85. The van der Waals surface area contributed by atoms with Crippen LogP contribution in [0.2, 0.25) is 0 Å². The van der Waals surface area contributed by atoms with Gasteiger partial charge >= 0.3 is 0 Å². The van der Waals surface area contributed by atoms with Crippen molar-refractivity contribution in [1.82, 2.24) is 4.31 Å². The molecule has 1 atom stereocenters. The summed E-state index contributed by atoms with van der Waals surface area (Å²) in [4.78, 5) is 0. The lowest BCUT2D eigenvalue weighted by atomic mass is 10.3. The molecule has 1 rings (SSSR count). The summed E-state index contributed by atoms with van der Waals surface area (Å²) in [5, 5.41) is 0. The molecule has 1 aliphatic rings. The second-order valence-electron chi connectivity index (χ2n) is 2.47. The monoisotopic (exact) mass is 161 g/mol. The van der Waals surface area contributed by atoms with Crippen LogP contribution in [0.3, 0.4) is 0 Å². The van der Waals surface area contributed by atoms with E-state index in [0.29, 0.717) is 6.42 Å². The Balaban J connectivity index is 2.94. The third kappa shape index (κ3) is 1.03. The number of sulfonamides is 1. The van der Waals surface area contributed by atoms with Gasteiger partial charge in [0.1, 0.15) is 0 Å². The highest BCUT2D eigenvalue weighted by atomic mass is 32.2. The van der Waals surface area contributed by atoms with Crippen molar-refractivity contribution in [2.24, 2.45) is 0 Å². The summed E-state index contributed by atoms with van der Waals surface area (Å²) in [6, 6.07) is 0.0995. The lowest BCUT2D eigenvalue weighted by molar-refractivity contribution is 0.455. The van der Waals surface area contributed by atoms with Crippen LogP contribution >= 0.6 is 0 Å². The van der Waals surface area contributed by atoms with Crippen LogP contribution in [0.1, 0.15) is 13.3 Å². The Morgan fingerprint density at radius 3 is 2.50 bits per heavy atom. The topological polar surface area (TPSA) is 37.4 Å². The standard InChI is InChI=1S/C6H11NO2S/c1-3-7-6(2)4-5-10(7,8)9/h3,6H,1,4-5H2,2H3. The Labute approximate surface area is 61.4 Å². The van der Waals surface area contributed by atoms with E-state index in [9.17, 15) is 8.42 Å². The largest absolute Gasteiger partial charge is 0.275 e. The summed E-state index contributed by atoms with van der Waals surface area (Å²) in [7, 11) is -2.97. The van der Waals surface area contributed by atoms with Gasteiger partial charge in [-0.3, -0.25) is 4.31 Å². The molecule has 1 fully saturated rings. The zero-order valence-electron chi connectivity index (χ0n) is 5.95. The van der Waals surface area contributed by atoms with Crippen LogP contribution in [-0.2, 0) is 10.0 Å². The molecule has 0 aromatic heterocycles. The lowest BCUT2D eigenvalue weighted by Gasteiger charge is -2.15. The van der Waals surface area contributed by atoms with Crippen LogP contribution in [-0.4, -0.2) is 24.5 Å². The van der Waals surface area contributed by atoms with Crippen molar-refractivity contribution in [2.75, 3.05) is 5.75 Å². The van der Waals surface area contributed by atoms with Crippen molar-refractivity contribution < 1.29 is 8.42 Å². The average Bonchev–Trinajstić information content (AvgIpc) is 2.07. The minimum Gasteiger partial charge on any atom is -0.275 e. The Bertz CT molecular complexity index is 232. The van der Waals surface area contributed by atoms with Crippen molar-refractivity contribution >= 4 is 10.0 Å². The molecule has 0 spiro atoms. The molecule has 10 heavy (non-hydrogen) atoms. The minimum absolute atomic E-state index is 0.0995. The summed E-state index contributed by atoms with van der Waals surface area (Å²) in [6.45, 7) is 5.32. The van der Waals surface area contributed by atoms with E-state index in [1.54, 1.807) is 0 Å². The molecule has 4 heteroatoms. The van der Waals surface area contributed by atoms with E-state index in [4.69, 9.17) is 0 Å². The van der Waals surface area contributed by atoms with Gasteiger partial charge in [-0.15, -0.1) is 0 Å². The van der Waals surface area contributed by atoms with Gasteiger partial charge in [-0.25, -0.2) is 8.42 Å². The number of hydrogen-bond donors (Lipinski definition) is 0. The minimum atomic E-state index is -2.97. The highest BCUT2D eigenvalue weighted by Crippen LogP contribution is 2.20. The van der Waals surface area contributed by atoms with Crippen LogP contribution in [0.4, 0.5) is 0 Å². The maximum absolute atomic E-state index is 11.1. The van der Waals surface area contributed by atoms with E-state index in [-0.39, 0.29) is 11.8 Å². The molecule has 1 heterocycles. The highest BCUT2D eigenvalue weighted by Gasteiger charge is 2.30. The van der Waals surface area contributed by atoms with Gasteiger partial charge in [0.25, 0.3) is 0 Å². The summed E-state index contributed by atoms with van der Waals surface area (Å²) in [5.41, 5.74) is 0. The first-order valence-electron chi connectivity index (χ1n) is 3.21. The first-order chi connectivity index (χ1) is 4.58.